The molecule has 3 N–H and O–H groups in total. The first-order valence-electron chi connectivity index (χ1n) is 13.3. The van der Waals surface area contributed by atoms with Crippen molar-refractivity contribution in [2.24, 2.45) is 0 Å². The van der Waals surface area contributed by atoms with Gasteiger partial charge >= 0.3 is 0 Å². The lowest BCUT2D eigenvalue weighted by Crippen LogP contribution is -2.12. The van der Waals surface area contributed by atoms with Crippen LogP contribution in [0.4, 0.5) is 28.4 Å². The SMILES string of the molecule is Cc1ccc(Br)cc1NC(=O)c1ccccc1.Cc1ccc(Nc2ccccc2[N+](=O)[O-])cc1NC(=O)c1ccccc1. The van der Waals surface area contributed by atoms with E-state index in [1.165, 1.54) is 6.07 Å². The number of amides is 2. The molecule has 8 nitrogen and oxygen atoms in total. The van der Waals surface area contributed by atoms with E-state index in [-0.39, 0.29) is 17.5 Å². The minimum absolute atomic E-state index is 0.0112. The molecule has 0 aliphatic carbocycles. The fraction of sp³-hybridized carbons (Fsp3) is 0.0588. The maximum Gasteiger partial charge on any atom is 0.292 e. The second-order valence-electron chi connectivity index (χ2n) is 9.53. The molecule has 216 valence electrons. The predicted molar refractivity (Wildman–Crippen MR) is 175 cm³/mol. The summed E-state index contributed by atoms with van der Waals surface area (Å²) in [4.78, 5) is 35.0. The van der Waals surface area contributed by atoms with Crippen LogP contribution in [-0.4, -0.2) is 16.7 Å². The number of rotatable bonds is 7. The molecule has 9 heteroatoms. The topological polar surface area (TPSA) is 113 Å². The molecular formula is C34H29BrN4O4. The van der Waals surface area contributed by atoms with Crippen LogP contribution in [0.2, 0.25) is 0 Å². The number of nitro groups is 1. The first kappa shape index (κ1) is 30.7. The van der Waals surface area contributed by atoms with Crippen LogP contribution in [-0.2, 0) is 0 Å². The van der Waals surface area contributed by atoms with Crippen molar-refractivity contribution in [3.8, 4) is 0 Å². The minimum Gasteiger partial charge on any atom is -0.350 e. The number of anilines is 4. The molecule has 0 bridgehead atoms. The fourth-order valence-electron chi connectivity index (χ4n) is 4.03. The van der Waals surface area contributed by atoms with E-state index < -0.39 is 4.92 Å². The highest BCUT2D eigenvalue weighted by Gasteiger charge is 2.14. The number of carbonyl (C=O) groups is 2. The maximum absolute atomic E-state index is 12.4. The fourth-order valence-corrected chi connectivity index (χ4v) is 4.39. The Balaban J connectivity index is 0.000000215. The number of halogens is 1. The van der Waals surface area contributed by atoms with Crippen LogP contribution >= 0.6 is 15.9 Å². The summed E-state index contributed by atoms with van der Waals surface area (Å²) in [5, 5.41) is 20.0. The second-order valence-corrected chi connectivity index (χ2v) is 10.4. The highest BCUT2D eigenvalue weighted by molar-refractivity contribution is 9.10. The lowest BCUT2D eigenvalue weighted by Gasteiger charge is -2.12. The zero-order valence-electron chi connectivity index (χ0n) is 23.5. The van der Waals surface area contributed by atoms with Crippen LogP contribution in [0.5, 0.6) is 0 Å². The van der Waals surface area contributed by atoms with E-state index in [2.05, 4.69) is 31.9 Å². The van der Waals surface area contributed by atoms with Gasteiger partial charge in [0.2, 0.25) is 0 Å². The van der Waals surface area contributed by atoms with E-state index in [9.17, 15) is 19.7 Å². The Bertz CT molecular complexity index is 1740. The van der Waals surface area contributed by atoms with Crippen molar-refractivity contribution < 1.29 is 14.5 Å². The summed E-state index contributed by atoms with van der Waals surface area (Å²) in [6, 6.07) is 35.7. The standard InChI is InChI=1S/C20H17N3O3.C14H12BrNO/c1-14-11-12-16(21-17-9-5-6-10-19(17)23(25)26)13-18(14)22-20(24)15-7-3-2-4-8-15;1-10-7-8-12(15)9-13(10)16-14(17)11-5-3-2-4-6-11/h2-13,21H,1H3,(H,22,24);2-9H,1H3,(H,16,17). The Kier molecular flexibility index (Phi) is 10.4. The molecule has 0 aliphatic rings. The van der Waals surface area contributed by atoms with Crippen molar-refractivity contribution in [3.63, 3.8) is 0 Å². The van der Waals surface area contributed by atoms with Crippen molar-refractivity contribution in [2.45, 2.75) is 13.8 Å². The first-order valence-corrected chi connectivity index (χ1v) is 14.1. The number of nitrogens with zero attached hydrogens (tertiary/aromatic N) is 1. The van der Waals surface area contributed by atoms with Gasteiger partial charge in [-0.25, -0.2) is 0 Å². The van der Waals surface area contributed by atoms with Gasteiger partial charge in [-0.1, -0.05) is 76.6 Å². The summed E-state index contributed by atoms with van der Waals surface area (Å²) in [5.74, 6) is -0.302. The summed E-state index contributed by atoms with van der Waals surface area (Å²) < 4.78 is 0.950. The third-order valence-corrected chi connectivity index (χ3v) is 6.88. The first-order chi connectivity index (χ1) is 20.7. The third kappa shape index (κ3) is 8.61. The largest absolute Gasteiger partial charge is 0.350 e. The highest BCUT2D eigenvalue weighted by Crippen LogP contribution is 2.29. The zero-order chi connectivity index (χ0) is 30.8. The summed E-state index contributed by atoms with van der Waals surface area (Å²) in [5.41, 5.74) is 5.64. The molecule has 5 rings (SSSR count). The normalized spacial score (nSPS) is 10.1. The Morgan fingerprint density at radius 3 is 1.67 bits per heavy atom. The molecule has 0 fully saturated rings. The van der Waals surface area contributed by atoms with Gasteiger partial charge in [-0.05, 0) is 79.6 Å². The van der Waals surface area contributed by atoms with Gasteiger partial charge in [0.05, 0.1) is 4.92 Å². The zero-order valence-corrected chi connectivity index (χ0v) is 25.1. The lowest BCUT2D eigenvalue weighted by atomic mass is 10.1. The van der Waals surface area contributed by atoms with Gasteiger partial charge in [-0.15, -0.1) is 0 Å². The van der Waals surface area contributed by atoms with E-state index in [0.29, 0.717) is 28.2 Å². The monoisotopic (exact) mass is 636 g/mol. The van der Waals surface area contributed by atoms with Crippen LogP contribution in [0.1, 0.15) is 31.8 Å². The Hall–Kier alpha value is -5.28. The summed E-state index contributed by atoms with van der Waals surface area (Å²) in [7, 11) is 0. The minimum atomic E-state index is -0.436. The number of nitrogens with one attached hydrogen (secondary N) is 3. The molecule has 5 aromatic carbocycles. The van der Waals surface area contributed by atoms with E-state index in [0.717, 1.165) is 21.3 Å². The average molecular weight is 638 g/mol. The second kappa shape index (κ2) is 14.6. The Morgan fingerprint density at radius 1 is 0.628 bits per heavy atom. The number of nitro benzene ring substituents is 1. The van der Waals surface area contributed by atoms with Crippen molar-refractivity contribution in [3.05, 3.63) is 158 Å². The van der Waals surface area contributed by atoms with Crippen molar-refractivity contribution in [2.75, 3.05) is 16.0 Å². The Morgan fingerprint density at radius 2 is 1.12 bits per heavy atom. The molecular weight excluding hydrogens is 608 g/mol. The van der Waals surface area contributed by atoms with Gasteiger partial charge in [0, 0.05) is 38.7 Å². The molecule has 0 unspecified atom stereocenters. The number of hydrogen-bond donors (Lipinski definition) is 3. The average Bonchev–Trinajstić information content (AvgIpc) is 3.02. The summed E-state index contributed by atoms with van der Waals surface area (Å²) in [6.45, 7) is 3.85. The van der Waals surface area contributed by atoms with Gasteiger partial charge in [-0.2, -0.15) is 0 Å². The number of benzene rings is 5. The van der Waals surface area contributed by atoms with E-state index in [4.69, 9.17) is 0 Å². The smallest absolute Gasteiger partial charge is 0.292 e. The van der Waals surface area contributed by atoms with E-state index in [1.807, 2.05) is 68.4 Å². The van der Waals surface area contributed by atoms with Crippen LogP contribution < -0.4 is 16.0 Å². The molecule has 43 heavy (non-hydrogen) atoms. The molecule has 5 aromatic rings. The molecule has 0 atom stereocenters. The maximum atomic E-state index is 12.4. The number of carbonyl (C=O) groups excluding carboxylic acids is 2. The van der Waals surface area contributed by atoms with Crippen LogP contribution in [0, 0.1) is 24.0 Å². The molecule has 0 heterocycles. The van der Waals surface area contributed by atoms with Crippen LogP contribution in [0.3, 0.4) is 0 Å². The molecule has 0 saturated carbocycles. The summed E-state index contributed by atoms with van der Waals surface area (Å²) in [6.07, 6.45) is 0. The van der Waals surface area contributed by atoms with Crippen molar-refractivity contribution in [1.82, 2.24) is 0 Å². The van der Waals surface area contributed by atoms with Crippen LogP contribution in [0.25, 0.3) is 0 Å². The molecule has 0 aliphatic heterocycles. The third-order valence-electron chi connectivity index (χ3n) is 6.39. The predicted octanol–water partition coefficient (Wildman–Crippen LogP) is 8.91. The molecule has 0 spiro atoms. The Labute approximate surface area is 258 Å². The quantitative estimate of drug-likeness (QED) is 0.122. The van der Waals surface area contributed by atoms with Crippen molar-refractivity contribution >= 4 is 56.2 Å². The van der Waals surface area contributed by atoms with Crippen molar-refractivity contribution in [1.29, 1.82) is 0 Å². The number of aryl methyl sites for hydroxylation is 2. The highest BCUT2D eigenvalue weighted by atomic mass is 79.9. The van der Waals surface area contributed by atoms with E-state index in [1.54, 1.807) is 60.7 Å². The molecule has 2 amide bonds. The molecule has 0 aromatic heterocycles. The van der Waals surface area contributed by atoms with Gasteiger partial charge < -0.3 is 16.0 Å². The molecule has 0 saturated heterocycles. The van der Waals surface area contributed by atoms with Gasteiger partial charge in [0.25, 0.3) is 17.5 Å². The van der Waals surface area contributed by atoms with Gasteiger partial charge in [0.15, 0.2) is 0 Å². The van der Waals surface area contributed by atoms with E-state index >= 15 is 0 Å². The van der Waals surface area contributed by atoms with Crippen LogP contribution in [0.15, 0.2) is 126 Å². The van der Waals surface area contributed by atoms with Gasteiger partial charge in [-0.3, -0.25) is 19.7 Å². The lowest BCUT2D eigenvalue weighted by molar-refractivity contribution is -0.383. The number of hydrogen-bond acceptors (Lipinski definition) is 5. The van der Waals surface area contributed by atoms with Gasteiger partial charge in [0.1, 0.15) is 5.69 Å². The summed E-state index contributed by atoms with van der Waals surface area (Å²) >= 11 is 3.39. The number of para-hydroxylation sites is 2. The molecule has 0 radical (unpaired) electrons.